The molecular weight excluding hydrogens is 252 g/mol. The summed E-state index contributed by atoms with van der Waals surface area (Å²) in [6.45, 7) is 6.15. The Labute approximate surface area is 115 Å². The van der Waals surface area contributed by atoms with Crippen molar-refractivity contribution >= 4 is 18.3 Å². The van der Waals surface area contributed by atoms with Crippen molar-refractivity contribution < 1.29 is 9.21 Å². The maximum atomic E-state index is 12.1. The standard InChI is InChI=1S/C13H22N2O2.ClH/c1-5-8-13(3,14)12(16)15(4)9-11-7-6-10(2)17-11;/h6-7H,5,8-9,14H2,1-4H3;1H. The van der Waals surface area contributed by atoms with Gasteiger partial charge in [0, 0.05) is 7.05 Å². The van der Waals surface area contributed by atoms with Crippen LogP contribution >= 0.6 is 12.4 Å². The molecule has 0 bridgehead atoms. The van der Waals surface area contributed by atoms with E-state index in [9.17, 15) is 4.79 Å². The number of carbonyl (C=O) groups is 1. The first-order chi connectivity index (χ1) is 7.86. The molecule has 5 heteroatoms. The highest BCUT2D eigenvalue weighted by Gasteiger charge is 2.30. The summed E-state index contributed by atoms with van der Waals surface area (Å²) < 4.78 is 5.44. The summed E-state index contributed by atoms with van der Waals surface area (Å²) >= 11 is 0. The molecule has 1 aromatic heterocycles. The normalized spacial score (nSPS) is 13.6. The van der Waals surface area contributed by atoms with Gasteiger partial charge in [-0.15, -0.1) is 12.4 Å². The molecule has 0 aliphatic carbocycles. The first-order valence-corrected chi connectivity index (χ1v) is 5.96. The van der Waals surface area contributed by atoms with Crippen LogP contribution in [0.4, 0.5) is 0 Å². The summed E-state index contributed by atoms with van der Waals surface area (Å²) in [5, 5.41) is 0. The molecule has 0 aliphatic heterocycles. The Hall–Kier alpha value is -1.00. The second-order valence-corrected chi connectivity index (χ2v) is 4.84. The smallest absolute Gasteiger partial charge is 0.242 e. The molecule has 1 amide bonds. The van der Waals surface area contributed by atoms with Crippen molar-refractivity contribution in [1.29, 1.82) is 0 Å². The van der Waals surface area contributed by atoms with Gasteiger partial charge in [0.2, 0.25) is 5.91 Å². The van der Waals surface area contributed by atoms with Gasteiger partial charge in [-0.25, -0.2) is 0 Å². The van der Waals surface area contributed by atoms with E-state index in [4.69, 9.17) is 10.2 Å². The zero-order valence-corrected chi connectivity index (χ0v) is 12.3. The van der Waals surface area contributed by atoms with Crippen LogP contribution in [0.3, 0.4) is 0 Å². The van der Waals surface area contributed by atoms with Gasteiger partial charge in [-0.2, -0.15) is 0 Å². The summed E-state index contributed by atoms with van der Waals surface area (Å²) in [4.78, 5) is 13.7. The van der Waals surface area contributed by atoms with Gasteiger partial charge in [-0.05, 0) is 32.4 Å². The lowest BCUT2D eigenvalue weighted by Gasteiger charge is -2.28. The SMILES string of the molecule is CCCC(C)(N)C(=O)N(C)Cc1ccc(C)o1.Cl. The summed E-state index contributed by atoms with van der Waals surface area (Å²) in [5.41, 5.74) is 5.22. The highest BCUT2D eigenvalue weighted by molar-refractivity contribution is 5.85. The van der Waals surface area contributed by atoms with E-state index in [1.54, 1.807) is 18.9 Å². The van der Waals surface area contributed by atoms with Crippen LogP contribution in [0.15, 0.2) is 16.5 Å². The molecule has 0 aromatic carbocycles. The van der Waals surface area contributed by atoms with Crippen molar-refractivity contribution in [3.63, 3.8) is 0 Å². The van der Waals surface area contributed by atoms with E-state index in [0.29, 0.717) is 13.0 Å². The van der Waals surface area contributed by atoms with E-state index in [2.05, 4.69) is 0 Å². The lowest BCUT2D eigenvalue weighted by molar-refractivity contribution is -0.136. The Kier molecular flexibility index (Phi) is 6.43. The van der Waals surface area contributed by atoms with E-state index < -0.39 is 5.54 Å². The number of furan rings is 1. The molecule has 2 N–H and O–H groups in total. The maximum absolute atomic E-state index is 12.1. The predicted molar refractivity (Wildman–Crippen MR) is 74.7 cm³/mol. The Bertz CT molecular complexity index is 388. The highest BCUT2D eigenvalue weighted by Crippen LogP contribution is 2.15. The van der Waals surface area contributed by atoms with Crippen molar-refractivity contribution in [2.24, 2.45) is 5.73 Å². The molecular formula is C13H23ClN2O2. The molecule has 104 valence electrons. The van der Waals surface area contributed by atoms with Gasteiger partial charge in [0.1, 0.15) is 11.5 Å². The summed E-state index contributed by atoms with van der Waals surface area (Å²) in [6.07, 6.45) is 1.58. The number of likely N-dealkylation sites (N-methyl/N-ethyl adjacent to an activating group) is 1. The molecule has 1 atom stereocenters. The van der Waals surface area contributed by atoms with Crippen molar-refractivity contribution in [3.8, 4) is 0 Å². The van der Waals surface area contributed by atoms with Crippen LogP contribution in [0.25, 0.3) is 0 Å². The zero-order chi connectivity index (χ0) is 13.1. The van der Waals surface area contributed by atoms with E-state index in [-0.39, 0.29) is 18.3 Å². The highest BCUT2D eigenvalue weighted by atomic mass is 35.5. The summed E-state index contributed by atoms with van der Waals surface area (Å²) in [6, 6.07) is 3.77. The molecule has 0 radical (unpaired) electrons. The number of hydrogen-bond acceptors (Lipinski definition) is 3. The van der Waals surface area contributed by atoms with Crippen LogP contribution in [0.1, 0.15) is 38.2 Å². The first-order valence-electron chi connectivity index (χ1n) is 5.96. The van der Waals surface area contributed by atoms with Gasteiger partial charge < -0.3 is 15.1 Å². The Morgan fingerprint density at radius 1 is 1.50 bits per heavy atom. The number of nitrogens with two attached hydrogens (primary N) is 1. The molecule has 0 saturated heterocycles. The van der Waals surface area contributed by atoms with Crippen LogP contribution in [-0.4, -0.2) is 23.4 Å². The molecule has 1 heterocycles. The van der Waals surface area contributed by atoms with Crippen molar-refractivity contribution in [1.82, 2.24) is 4.90 Å². The second kappa shape index (κ2) is 6.81. The molecule has 1 aromatic rings. The van der Waals surface area contributed by atoms with Crippen molar-refractivity contribution in [3.05, 3.63) is 23.7 Å². The Morgan fingerprint density at radius 2 is 2.11 bits per heavy atom. The summed E-state index contributed by atoms with van der Waals surface area (Å²) in [7, 11) is 1.75. The molecule has 1 rings (SSSR count). The lowest BCUT2D eigenvalue weighted by atomic mass is 9.96. The minimum Gasteiger partial charge on any atom is -0.464 e. The molecule has 0 fully saturated rings. The van der Waals surface area contributed by atoms with Gasteiger partial charge in [0.25, 0.3) is 0 Å². The monoisotopic (exact) mass is 274 g/mol. The third kappa shape index (κ3) is 4.35. The number of rotatable bonds is 5. The van der Waals surface area contributed by atoms with Crippen LogP contribution < -0.4 is 5.73 Å². The van der Waals surface area contributed by atoms with Crippen LogP contribution in [-0.2, 0) is 11.3 Å². The molecule has 4 nitrogen and oxygen atoms in total. The van der Waals surface area contributed by atoms with E-state index in [1.807, 2.05) is 26.0 Å². The average Bonchev–Trinajstić information content (AvgIpc) is 2.62. The second-order valence-electron chi connectivity index (χ2n) is 4.84. The molecule has 0 aliphatic rings. The lowest BCUT2D eigenvalue weighted by Crippen LogP contribution is -2.51. The van der Waals surface area contributed by atoms with E-state index in [1.165, 1.54) is 0 Å². The topological polar surface area (TPSA) is 59.5 Å². The van der Waals surface area contributed by atoms with Gasteiger partial charge in [-0.1, -0.05) is 13.3 Å². The number of halogens is 1. The fourth-order valence-corrected chi connectivity index (χ4v) is 1.94. The van der Waals surface area contributed by atoms with Crippen molar-refractivity contribution in [2.45, 2.75) is 45.7 Å². The minimum atomic E-state index is -0.787. The zero-order valence-electron chi connectivity index (χ0n) is 11.5. The number of carbonyl (C=O) groups excluding carboxylic acids is 1. The van der Waals surface area contributed by atoms with Crippen LogP contribution in [0, 0.1) is 6.92 Å². The fraction of sp³-hybridized carbons (Fsp3) is 0.615. The molecule has 18 heavy (non-hydrogen) atoms. The molecule has 0 saturated carbocycles. The quantitative estimate of drug-likeness (QED) is 0.897. The number of hydrogen-bond donors (Lipinski definition) is 1. The van der Waals surface area contributed by atoms with Crippen LogP contribution in [0.5, 0.6) is 0 Å². The van der Waals surface area contributed by atoms with Crippen LogP contribution in [0.2, 0.25) is 0 Å². The predicted octanol–water partition coefficient (Wildman–Crippen LogP) is 2.49. The first kappa shape index (κ1) is 17.0. The van der Waals surface area contributed by atoms with Gasteiger partial charge in [-0.3, -0.25) is 4.79 Å². The number of nitrogens with zero attached hydrogens (tertiary/aromatic N) is 1. The van der Waals surface area contributed by atoms with Gasteiger partial charge in [0.15, 0.2) is 0 Å². The maximum Gasteiger partial charge on any atom is 0.242 e. The largest absolute Gasteiger partial charge is 0.464 e. The Balaban J connectivity index is 0.00000289. The third-order valence-electron chi connectivity index (χ3n) is 2.79. The number of amides is 1. The third-order valence-corrected chi connectivity index (χ3v) is 2.79. The fourth-order valence-electron chi connectivity index (χ4n) is 1.94. The minimum absolute atomic E-state index is 0. The average molecular weight is 275 g/mol. The number of aryl methyl sites for hydroxylation is 1. The Morgan fingerprint density at radius 3 is 2.56 bits per heavy atom. The van der Waals surface area contributed by atoms with Gasteiger partial charge in [0.05, 0.1) is 12.1 Å². The van der Waals surface area contributed by atoms with Gasteiger partial charge >= 0.3 is 0 Å². The summed E-state index contributed by atoms with van der Waals surface area (Å²) in [5.74, 6) is 1.59. The molecule has 0 spiro atoms. The van der Waals surface area contributed by atoms with E-state index >= 15 is 0 Å². The molecule has 1 unspecified atom stereocenters. The van der Waals surface area contributed by atoms with Crippen molar-refractivity contribution in [2.75, 3.05) is 7.05 Å². The van der Waals surface area contributed by atoms with E-state index in [0.717, 1.165) is 17.9 Å².